The van der Waals surface area contributed by atoms with Crippen molar-refractivity contribution in [3.63, 3.8) is 0 Å². The molecular formula is C16H15ClN4O2. The van der Waals surface area contributed by atoms with Gasteiger partial charge in [0.25, 0.3) is 0 Å². The third kappa shape index (κ3) is 2.85. The number of fused-ring (bicyclic) bond motifs is 1. The molecule has 0 bridgehead atoms. The molecule has 3 aromatic rings. The highest BCUT2D eigenvalue weighted by molar-refractivity contribution is 6.28. The summed E-state index contributed by atoms with van der Waals surface area (Å²) in [7, 11) is 1.82. The minimum atomic E-state index is -0.479. The van der Waals surface area contributed by atoms with E-state index in [0.717, 1.165) is 16.6 Å². The molecule has 0 fully saturated rings. The lowest BCUT2D eigenvalue weighted by Crippen LogP contribution is -2.18. The zero-order valence-corrected chi connectivity index (χ0v) is 13.5. The van der Waals surface area contributed by atoms with E-state index in [2.05, 4.69) is 15.0 Å². The van der Waals surface area contributed by atoms with Crippen LogP contribution in [0.15, 0.2) is 36.7 Å². The molecule has 2 aromatic heterocycles. The maximum atomic E-state index is 12.1. The zero-order chi connectivity index (χ0) is 16.4. The quantitative estimate of drug-likeness (QED) is 0.585. The van der Waals surface area contributed by atoms with Gasteiger partial charge in [0.05, 0.1) is 12.3 Å². The van der Waals surface area contributed by atoms with E-state index in [9.17, 15) is 4.79 Å². The number of esters is 1. The second kappa shape index (κ2) is 6.26. The second-order valence-corrected chi connectivity index (χ2v) is 5.21. The number of aromatic amines is 1. The van der Waals surface area contributed by atoms with Crippen molar-refractivity contribution in [2.75, 3.05) is 18.6 Å². The van der Waals surface area contributed by atoms with Gasteiger partial charge in [-0.2, -0.15) is 4.98 Å². The number of nitrogens with one attached hydrogen (secondary N) is 1. The summed E-state index contributed by atoms with van der Waals surface area (Å²) in [6.07, 6.45) is 3.25. The molecule has 7 heteroatoms. The van der Waals surface area contributed by atoms with Crippen molar-refractivity contribution in [3.8, 4) is 0 Å². The molecule has 0 aliphatic carbocycles. The summed E-state index contributed by atoms with van der Waals surface area (Å²) in [4.78, 5) is 25.2. The van der Waals surface area contributed by atoms with Crippen LogP contribution >= 0.6 is 11.6 Å². The summed E-state index contributed by atoms with van der Waals surface area (Å²) in [5, 5.41) is 1.08. The Kier molecular flexibility index (Phi) is 4.16. The minimum Gasteiger partial charge on any atom is -0.462 e. The van der Waals surface area contributed by atoms with Gasteiger partial charge in [-0.25, -0.2) is 9.78 Å². The van der Waals surface area contributed by atoms with E-state index in [0.29, 0.717) is 5.82 Å². The van der Waals surface area contributed by atoms with Crippen molar-refractivity contribution < 1.29 is 9.53 Å². The average molecular weight is 331 g/mol. The Morgan fingerprint density at radius 3 is 3.00 bits per heavy atom. The predicted molar refractivity (Wildman–Crippen MR) is 89.4 cm³/mol. The molecule has 3 rings (SSSR count). The monoisotopic (exact) mass is 330 g/mol. The van der Waals surface area contributed by atoms with Gasteiger partial charge in [0.1, 0.15) is 5.56 Å². The van der Waals surface area contributed by atoms with Crippen molar-refractivity contribution >= 4 is 40.0 Å². The summed E-state index contributed by atoms with van der Waals surface area (Å²) < 4.78 is 5.07. The first-order valence-corrected chi connectivity index (χ1v) is 7.49. The van der Waals surface area contributed by atoms with Crippen molar-refractivity contribution in [2.45, 2.75) is 6.92 Å². The number of anilines is 2. The normalized spacial score (nSPS) is 10.7. The molecule has 0 spiro atoms. The van der Waals surface area contributed by atoms with Gasteiger partial charge in [0.15, 0.2) is 5.82 Å². The maximum Gasteiger partial charge on any atom is 0.343 e. The molecule has 0 aliphatic rings. The fourth-order valence-electron chi connectivity index (χ4n) is 2.44. The number of nitrogens with zero attached hydrogens (tertiary/aromatic N) is 3. The molecule has 0 unspecified atom stereocenters. The van der Waals surface area contributed by atoms with Gasteiger partial charge in [0, 0.05) is 30.3 Å². The van der Waals surface area contributed by atoms with E-state index in [1.807, 2.05) is 37.5 Å². The van der Waals surface area contributed by atoms with Crippen LogP contribution in [0.3, 0.4) is 0 Å². The molecule has 0 saturated carbocycles. The standard InChI is InChI=1S/C16H15ClN4O2/c1-3-23-15(22)11-9-19-16(17)20-14(11)21(2)13-6-4-5-12-10(13)7-8-18-12/h4-9,18H,3H2,1-2H3. The molecule has 0 amide bonds. The number of hydrogen-bond acceptors (Lipinski definition) is 5. The zero-order valence-electron chi connectivity index (χ0n) is 12.7. The Hall–Kier alpha value is -2.60. The van der Waals surface area contributed by atoms with Gasteiger partial charge in [0.2, 0.25) is 5.28 Å². The largest absolute Gasteiger partial charge is 0.462 e. The second-order valence-electron chi connectivity index (χ2n) is 4.87. The van der Waals surface area contributed by atoms with Crippen LogP contribution in [0.2, 0.25) is 5.28 Å². The van der Waals surface area contributed by atoms with Crippen LogP contribution in [0.1, 0.15) is 17.3 Å². The van der Waals surface area contributed by atoms with Crippen molar-refractivity contribution in [3.05, 3.63) is 47.5 Å². The number of carbonyl (C=O) groups is 1. The van der Waals surface area contributed by atoms with Crippen LogP contribution < -0.4 is 4.90 Å². The number of halogens is 1. The van der Waals surface area contributed by atoms with Crippen LogP contribution in [-0.4, -0.2) is 34.6 Å². The van der Waals surface area contributed by atoms with Gasteiger partial charge in [-0.05, 0) is 36.7 Å². The van der Waals surface area contributed by atoms with E-state index in [-0.39, 0.29) is 17.5 Å². The van der Waals surface area contributed by atoms with Gasteiger partial charge in [-0.1, -0.05) is 6.07 Å². The molecule has 0 aliphatic heterocycles. The van der Waals surface area contributed by atoms with E-state index in [1.54, 1.807) is 11.8 Å². The molecular weight excluding hydrogens is 316 g/mol. The highest BCUT2D eigenvalue weighted by Crippen LogP contribution is 2.32. The molecule has 0 saturated heterocycles. The Bertz CT molecular complexity index is 862. The molecule has 2 heterocycles. The van der Waals surface area contributed by atoms with E-state index in [4.69, 9.17) is 16.3 Å². The average Bonchev–Trinajstić information content (AvgIpc) is 3.02. The van der Waals surface area contributed by atoms with E-state index in [1.165, 1.54) is 6.20 Å². The summed E-state index contributed by atoms with van der Waals surface area (Å²) in [5.74, 6) is -0.0792. The number of hydrogen-bond donors (Lipinski definition) is 1. The lowest BCUT2D eigenvalue weighted by atomic mass is 10.2. The number of H-pyrrole nitrogens is 1. The van der Waals surface area contributed by atoms with Gasteiger partial charge in [-0.3, -0.25) is 0 Å². The highest BCUT2D eigenvalue weighted by atomic mass is 35.5. The summed E-state index contributed by atoms with van der Waals surface area (Å²) in [6, 6.07) is 7.82. The molecule has 1 aromatic carbocycles. The third-order valence-electron chi connectivity index (χ3n) is 3.49. The third-order valence-corrected chi connectivity index (χ3v) is 3.67. The summed E-state index contributed by atoms with van der Waals surface area (Å²) in [5.41, 5.74) is 2.16. The van der Waals surface area contributed by atoms with Crippen LogP contribution in [0.5, 0.6) is 0 Å². The van der Waals surface area contributed by atoms with Crippen LogP contribution in [0.4, 0.5) is 11.5 Å². The van der Waals surface area contributed by atoms with Gasteiger partial charge < -0.3 is 14.6 Å². The van der Waals surface area contributed by atoms with Crippen molar-refractivity contribution in [2.24, 2.45) is 0 Å². The Balaban J connectivity index is 2.12. The lowest BCUT2D eigenvalue weighted by molar-refractivity contribution is 0.0526. The number of ether oxygens (including phenoxy) is 1. The first-order chi connectivity index (χ1) is 11.1. The minimum absolute atomic E-state index is 0.0705. The summed E-state index contributed by atoms with van der Waals surface area (Å²) in [6.45, 7) is 2.02. The summed E-state index contributed by atoms with van der Waals surface area (Å²) >= 11 is 5.92. The number of carbonyl (C=O) groups excluding carboxylic acids is 1. The smallest absolute Gasteiger partial charge is 0.343 e. The van der Waals surface area contributed by atoms with Crippen LogP contribution in [0.25, 0.3) is 10.9 Å². The molecule has 118 valence electrons. The molecule has 23 heavy (non-hydrogen) atoms. The van der Waals surface area contributed by atoms with Gasteiger partial charge >= 0.3 is 5.97 Å². The Morgan fingerprint density at radius 1 is 1.39 bits per heavy atom. The molecule has 6 nitrogen and oxygen atoms in total. The van der Waals surface area contributed by atoms with Crippen LogP contribution in [0, 0.1) is 0 Å². The topological polar surface area (TPSA) is 71.1 Å². The fraction of sp³-hybridized carbons (Fsp3) is 0.188. The number of rotatable bonds is 4. The predicted octanol–water partition coefficient (Wildman–Crippen LogP) is 3.56. The Morgan fingerprint density at radius 2 is 2.22 bits per heavy atom. The van der Waals surface area contributed by atoms with Gasteiger partial charge in [-0.15, -0.1) is 0 Å². The van der Waals surface area contributed by atoms with Crippen molar-refractivity contribution in [1.82, 2.24) is 15.0 Å². The number of aromatic nitrogens is 3. The van der Waals surface area contributed by atoms with Crippen molar-refractivity contribution in [1.29, 1.82) is 0 Å². The Labute approximate surface area is 138 Å². The van der Waals surface area contributed by atoms with E-state index >= 15 is 0 Å². The number of benzene rings is 1. The SMILES string of the molecule is CCOC(=O)c1cnc(Cl)nc1N(C)c1cccc2[nH]ccc12. The maximum absolute atomic E-state index is 12.1. The molecule has 0 atom stereocenters. The fourth-order valence-corrected chi connectivity index (χ4v) is 2.56. The van der Waals surface area contributed by atoms with Crippen LogP contribution in [-0.2, 0) is 4.74 Å². The lowest BCUT2D eigenvalue weighted by Gasteiger charge is -2.21. The highest BCUT2D eigenvalue weighted by Gasteiger charge is 2.20. The molecule has 0 radical (unpaired) electrons. The molecule has 1 N–H and O–H groups in total. The first kappa shape index (κ1) is 15.3. The van der Waals surface area contributed by atoms with E-state index < -0.39 is 5.97 Å². The first-order valence-electron chi connectivity index (χ1n) is 7.11.